The van der Waals surface area contributed by atoms with Crippen LogP contribution in [0.3, 0.4) is 0 Å². The first-order chi connectivity index (χ1) is 10.9. The molecule has 4 nitrogen and oxygen atoms in total. The average Bonchev–Trinajstić information content (AvgIpc) is 2.63. The highest BCUT2D eigenvalue weighted by molar-refractivity contribution is 6.55. The zero-order valence-corrected chi connectivity index (χ0v) is 14.5. The third-order valence-corrected chi connectivity index (χ3v) is 4.39. The van der Waals surface area contributed by atoms with Gasteiger partial charge >= 0.3 is 13.3 Å². The number of rotatable bonds is 3. The molecular formula is C15H18BClF3NO3. The Balaban J connectivity index is 2.37. The minimum atomic E-state index is -4.61. The van der Waals surface area contributed by atoms with Crippen molar-refractivity contribution >= 4 is 24.8 Å². The number of aromatic nitrogens is 1. The molecule has 1 aliphatic rings. The van der Waals surface area contributed by atoms with Crippen molar-refractivity contribution in [3.8, 4) is 0 Å². The van der Waals surface area contributed by atoms with Gasteiger partial charge < -0.3 is 14.4 Å². The number of pyridine rings is 1. The lowest BCUT2D eigenvalue weighted by atomic mass is 9.77. The van der Waals surface area contributed by atoms with Gasteiger partial charge in [0, 0.05) is 0 Å². The summed E-state index contributed by atoms with van der Waals surface area (Å²) in [7, 11) is -0.860. The van der Waals surface area contributed by atoms with E-state index in [9.17, 15) is 18.3 Å². The second-order valence-electron chi connectivity index (χ2n) is 6.57. The summed E-state index contributed by atoms with van der Waals surface area (Å²) in [5.74, 6) is 0. The van der Waals surface area contributed by atoms with Crippen molar-refractivity contribution < 1.29 is 27.6 Å². The molecular weight excluding hydrogens is 345 g/mol. The van der Waals surface area contributed by atoms with E-state index < -0.39 is 36.8 Å². The summed E-state index contributed by atoms with van der Waals surface area (Å²) >= 11 is 5.67. The normalized spacial score (nSPS) is 20.5. The average molecular weight is 364 g/mol. The number of hydrogen-bond donors (Lipinski definition) is 1. The van der Waals surface area contributed by atoms with Gasteiger partial charge in [-0.3, -0.25) is 0 Å². The first-order valence-corrected chi connectivity index (χ1v) is 7.65. The van der Waals surface area contributed by atoms with Crippen LogP contribution in [0.25, 0.3) is 6.08 Å². The molecule has 1 aliphatic heterocycles. The van der Waals surface area contributed by atoms with Gasteiger partial charge in [0.05, 0.1) is 17.8 Å². The number of nitrogens with zero attached hydrogens (tertiary/aromatic N) is 1. The summed E-state index contributed by atoms with van der Waals surface area (Å²) in [6, 6.07) is 2.13. The first-order valence-electron chi connectivity index (χ1n) is 7.27. The topological polar surface area (TPSA) is 51.6 Å². The molecule has 1 saturated heterocycles. The standard InChI is InChI=1S/C15H18BClF3NO3/c1-13(2)14(3,4)24-16(23-13)10(8-22)5-9-6-11(15(18,19)20)21-12(17)7-9/h5-7,22H,8H2,1-4H3. The molecule has 24 heavy (non-hydrogen) atoms. The summed E-state index contributed by atoms with van der Waals surface area (Å²) in [5.41, 5.74) is -1.91. The molecule has 0 aromatic carbocycles. The Kier molecular flexibility index (Phi) is 5.08. The lowest BCUT2D eigenvalue weighted by molar-refractivity contribution is -0.141. The first kappa shape index (κ1) is 19.2. The number of hydrogen-bond acceptors (Lipinski definition) is 4. The van der Waals surface area contributed by atoms with E-state index in [2.05, 4.69) is 4.98 Å². The van der Waals surface area contributed by atoms with Crippen molar-refractivity contribution in [3.05, 3.63) is 34.0 Å². The van der Waals surface area contributed by atoms with Crippen LogP contribution in [0.15, 0.2) is 17.6 Å². The SMILES string of the molecule is CC1(C)OB(C(=Cc2cc(Cl)nc(C(F)(F)F)c2)CO)OC1(C)C. The third kappa shape index (κ3) is 3.93. The van der Waals surface area contributed by atoms with Gasteiger partial charge in [0.1, 0.15) is 10.8 Å². The maximum Gasteiger partial charge on any atom is 0.492 e. The smallest absolute Gasteiger partial charge is 0.400 e. The van der Waals surface area contributed by atoms with Gasteiger partial charge in [-0.15, -0.1) is 0 Å². The Bertz CT molecular complexity index is 646. The summed E-state index contributed by atoms with van der Waals surface area (Å²) in [4.78, 5) is 3.27. The lowest BCUT2D eigenvalue weighted by Gasteiger charge is -2.32. The minimum absolute atomic E-state index is 0.154. The molecule has 1 fully saturated rings. The summed E-state index contributed by atoms with van der Waals surface area (Å²) in [6.45, 7) is 6.93. The Hall–Kier alpha value is -1.09. The fourth-order valence-electron chi connectivity index (χ4n) is 2.14. The van der Waals surface area contributed by atoms with Gasteiger partial charge in [-0.05, 0) is 50.9 Å². The highest BCUT2D eigenvalue weighted by Crippen LogP contribution is 2.39. The van der Waals surface area contributed by atoms with Gasteiger partial charge in [-0.25, -0.2) is 4.98 Å². The van der Waals surface area contributed by atoms with E-state index in [4.69, 9.17) is 20.9 Å². The summed E-state index contributed by atoms with van der Waals surface area (Å²) < 4.78 is 50.1. The maximum absolute atomic E-state index is 12.8. The Morgan fingerprint density at radius 1 is 1.25 bits per heavy atom. The Morgan fingerprint density at radius 3 is 2.25 bits per heavy atom. The fourth-order valence-corrected chi connectivity index (χ4v) is 2.36. The predicted octanol–water partition coefficient (Wildman–Crippen LogP) is 3.76. The number of aliphatic hydroxyl groups excluding tert-OH is 1. The van der Waals surface area contributed by atoms with Crippen LogP contribution >= 0.6 is 11.6 Å². The van der Waals surface area contributed by atoms with E-state index in [0.29, 0.717) is 5.47 Å². The quantitative estimate of drug-likeness (QED) is 0.656. The zero-order chi connectivity index (χ0) is 18.3. The van der Waals surface area contributed by atoms with E-state index in [1.54, 1.807) is 0 Å². The third-order valence-electron chi connectivity index (χ3n) is 4.20. The van der Waals surface area contributed by atoms with Crippen LogP contribution in [0, 0.1) is 0 Å². The molecule has 1 N–H and O–H groups in total. The molecule has 1 aromatic heterocycles. The van der Waals surface area contributed by atoms with E-state index >= 15 is 0 Å². The van der Waals surface area contributed by atoms with Gasteiger partial charge in [-0.1, -0.05) is 17.7 Å². The molecule has 132 valence electrons. The molecule has 0 radical (unpaired) electrons. The molecule has 0 bridgehead atoms. The van der Waals surface area contributed by atoms with Crippen LogP contribution in [-0.2, 0) is 15.5 Å². The molecule has 2 rings (SSSR count). The van der Waals surface area contributed by atoms with Crippen molar-refractivity contribution in [1.82, 2.24) is 4.98 Å². The maximum atomic E-state index is 12.8. The van der Waals surface area contributed by atoms with E-state index in [1.165, 1.54) is 12.1 Å². The predicted molar refractivity (Wildman–Crippen MR) is 85.4 cm³/mol. The van der Waals surface area contributed by atoms with Crippen molar-refractivity contribution in [3.63, 3.8) is 0 Å². The second-order valence-corrected chi connectivity index (χ2v) is 6.96. The van der Waals surface area contributed by atoms with Crippen molar-refractivity contribution in [2.75, 3.05) is 6.61 Å². The van der Waals surface area contributed by atoms with Crippen LogP contribution in [0.1, 0.15) is 39.0 Å². The fraction of sp³-hybridized carbons (Fsp3) is 0.533. The Morgan fingerprint density at radius 2 is 1.79 bits per heavy atom. The molecule has 0 amide bonds. The molecule has 2 heterocycles. The zero-order valence-electron chi connectivity index (χ0n) is 13.7. The van der Waals surface area contributed by atoms with Crippen LogP contribution in [-0.4, -0.2) is 35.0 Å². The molecule has 9 heteroatoms. The minimum Gasteiger partial charge on any atom is -0.400 e. The van der Waals surface area contributed by atoms with Gasteiger partial charge in [-0.2, -0.15) is 13.2 Å². The van der Waals surface area contributed by atoms with Gasteiger partial charge in [0.25, 0.3) is 0 Å². The lowest BCUT2D eigenvalue weighted by Crippen LogP contribution is -2.41. The van der Waals surface area contributed by atoms with Crippen LogP contribution in [0.4, 0.5) is 13.2 Å². The van der Waals surface area contributed by atoms with Crippen LogP contribution in [0.2, 0.25) is 5.15 Å². The molecule has 1 aromatic rings. The molecule has 0 saturated carbocycles. The largest absolute Gasteiger partial charge is 0.492 e. The Labute approximate surface area is 143 Å². The molecule has 0 spiro atoms. The van der Waals surface area contributed by atoms with E-state index in [0.717, 1.165) is 6.07 Å². The number of aliphatic hydroxyl groups is 1. The van der Waals surface area contributed by atoms with E-state index in [-0.39, 0.29) is 10.7 Å². The van der Waals surface area contributed by atoms with Gasteiger partial charge in [0.15, 0.2) is 0 Å². The highest BCUT2D eigenvalue weighted by atomic mass is 35.5. The van der Waals surface area contributed by atoms with E-state index in [1.807, 2.05) is 27.7 Å². The molecule has 0 unspecified atom stereocenters. The van der Waals surface area contributed by atoms with Gasteiger partial charge in [0.2, 0.25) is 0 Å². The van der Waals surface area contributed by atoms with Crippen molar-refractivity contribution in [1.29, 1.82) is 0 Å². The molecule has 0 aliphatic carbocycles. The molecule has 0 atom stereocenters. The highest BCUT2D eigenvalue weighted by Gasteiger charge is 2.52. The van der Waals surface area contributed by atoms with Crippen molar-refractivity contribution in [2.24, 2.45) is 0 Å². The monoisotopic (exact) mass is 363 g/mol. The summed E-state index contributed by atoms with van der Waals surface area (Å²) in [6.07, 6.45) is -3.25. The van der Waals surface area contributed by atoms with Crippen LogP contribution < -0.4 is 0 Å². The number of alkyl halides is 3. The van der Waals surface area contributed by atoms with Crippen molar-refractivity contribution in [2.45, 2.75) is 45.1 Å². The van der Waals surface area contributed by atoms with Crippen LogP contribution in [0.5, 0.6) is 0 Å². The number of halogens is 4. The second kappa shape index (κ2) is 6.33. The summed E-state index contributed by atoms with van der Waals surface area (Å²) in [5, 5.41) is 9.30.